The second-order valence-electron chi connectivity index (χ2n) is 9.66. The maximum absolute atomic E-state index is 13.7. The van der Waals surface area contributed by atoms with Crippen molar-refractivity contribution in [3.05, 3.63) is 40.9 Å². The lowest BCUT2D eigenvalue weighted by molar-refractivity contribution is 0.00619. The molecule has 0 radical (unpaired) electrons. The molecule has 8 nitrogen and oxygen atoms in total. The molecule has 2 aromatic rings. The fraction of sp³-hybridized carbons (Fsp3) is 0.522. The summed E-state index contributed by atoms with van der Waals surface area (Å²) in [6, 6.07) is 5.81. The molecular formula is C23H30ClN5O3. The van der Waals surface area contributed by atoms with Crippen molar-refractivity contribution in [2.75, 3.05) is 25.0 Å². The molecule has 2 atom stereocenters. The average Bonchev–Trinajstić information content (AvgIpc) is 3.14. The van der Waals surface area contributed by atoms with Crippen LogP contribution in [0, 0.1) is 0 Å². The first-order valence-corrected chi connectivity index (χ1v) is 11.2. The molecule has 0 N–H and O–H groups in total. The molecule has 3 heterocycles. The van der Waals surface area contributed by atoms with Gasteiger partial charge >= 0.3 is 12.0 Å². The molecule has 0 aliphatic carbocycles. The number of likely N-dealkylation sites (N-methyl/N-ethyl adjacent to an activating group) is 1. The van der Waals surface area contributed by atoms with Crippen molar-refractivity contribution in [1.29, 1.82) is 0 Å². The number of rotatable bonds is 1. The molecular weight excluding hydrogens is 430 g/mol. The molecule has 0 saturated carbocycles. The number of hydrogen-bond acceptors (Lipinski definition) is 5. The normalized spacial score (nSPS) is 21.2. The summed E-state index contributed by atoms with van der Waals surface area (Å²) in [5.74, 6) is -0.508. The quantitative estimate of drug-likeness (QED) is 0.604. The zero-order valence-electron chi connectivity index (χ0n) is 19.4. The summed E-state index contributed by atoms with van der Waals surface area (Å²) in [5, 5.41) is 0.476. The Hall–Kier alpha value is -2.58. The van der Waals surface area contributed by atoms with E-state index in [-0.39, 0.29) is 30.4 Å². The van der Waals surface area contributed by atoms with Gasteiger partial charge in [-0.1, -0.05) is 17.7 Å². The Balaban J connectivity index is 1.74. The van der Waals surface area contributed by atoms with Crippen LogP contribution in [0.25, 0.3) is 5.69 Å². The number of nitrogens with zero attached hydrogens (tertiary/aromatic N) is 5. The van der Waals surface area contributed by atoms with Crippen molar-refractivity contribution < 1.29 is 14.3 Å². The molecule has 9 heteroatoms. The number of carbonyl (C=O) groups excluding carboxylic acids is 2. The van der Waals surface area contributed by atoms with E-state index in [2.05, 4.69) is 30.8 Å². The Labute approximate surface area is 193 Å². The predicted molar refractivity (Wildman–Crippen MR) is 124 cm³/mol. The summed E-state index contributed by atoms with van der Waals surface area (Å²) >= 11 is 6.58. The summed E-state index contributed by atoms with van der Waals surface area (Å²) in [7, 11) is 2.08. The monoisotopic (exact) mass is 459 g/mol. The number of piperazine rings is 1. The minimum atomic E-state index is -0.648. The van der Waals surface area contributed by atoms with E-state index >= 15 is 0 Å². The van der Waals surface area contributed by atoms with Gasteiger partial charge < -0.3 is 9.64 Å². The van der Waals surface area contributed by atoms with Crippen LogP contribution in [-0.4, -0.2) is 69.2 Å². The number of halogens is 1. The van der Waals surface area contributed by atoms with Gasteiger partial charge in [0.25, 0.3) is 0 Å². The second-order valence-corrected chi connectivity index (χ2v) is 10.1. The van der Waals surface area contributed by atoms with E-state index in [1.807, 2.05) is 42.4 Å². The molecule has 172 valence electrons. The number of benzene rings is 1. The van der Waals surface area contributed by atoms with Crippen LogP contribution in [0.4, 0.5) is 10.5 Å². The first-order chi connectivity index (χ1) is 15.0. The van der Waals surface area contributed by atoms with Gasteiger partial charge in [-0.3, -0.25) is 14.4 Å². The third kappa shape index (κ3) is 3.97. The number of para-hydroxylation sites is 1. The lowest BCUT2D eigenvalue weighted by Gasteiger charge is -2.44. The fourth-order valence-corrected chi connectivity index (χ4v) is 4.59. The molecule has 1 aromatic carbocycles. The SMILES string of the molecule is C[C@@H]1CN(C(=O)N2Cc3c(C(=O)OC(C)(C)C)ncn3-c3cccc(Cl)c32)C[C@H](C)N1C. The molecule has 2 amide bonds. The molecule has 1 aromatic heterocycles. The number of anilines is 1. The van der Waals surface area contributed by atoms with E-state index in [1.165, 1.54) is 0 Å². The number of esters is 1. The Morgan fingerprint density at radius 3 is 2.44 bits per heavy atom. The van der Waals surface area contributed by atoms with E-state index in [0.717, 1.165) is 0 Å². The van der Waals surface area contributed by atoms with Gasteiger partial charge in [0.05, 0.1) is 28.6 Å². The number of hydrogen-bond donors (Lipinski definition) is 0. The van der Waals surface area contributed by atoms with Gasteiger partial charge in [0.15, 0.2) is 5.69 Å². The highest BCUT2D eigenvalue weighted by molar-refractivity contribution is 6.34. The first-order valence-electron chi connectivity index (χ1n) is 10.8. The fourth-order valence-electron chi connectivity index (χ4n) is 4.32. The highest BCUT2D eigenvalue weighted by atomic mass is 35.5. The predicted octanol–water partition coefficient (Wildman–Crippen LogP) is 3.95. The minimum absolute atomic E-state index is 0.131. The third-order valence-electron chi connectivity index (χ3n) is 6.12. The molecule has 32 heavy (non-hydrogen) atoms. The smallest absolute Gasteiger partial charge is 0.359 e. The summed E-state index contributed by atoms with van der Waals surface area (Å²) < 4.78 is 7.37. The summed E-state index contributed by atoms with van der Waals surface area (Å²) in [4.78, 5) is 36.7. The average molecular weight is 460 g/mol. The van der Waals surface area contributed by atoms with Gasteiger partial charge in [0.1, 0.15) is 11.9 Å². The molecule has 0 unspecified atom stereocenters. The number of fused-ring (bicyclic) bond motifs is 3. The molecule has 1 fully saturated rings. The lowest BCUT2D eigenvalue weighted by atomic mass is 10.1. The summed E-state index contributed by atoms with van der Waals surface area (Å²) in [6.07, 6.45) is 1.59. The van der Waals surface area contributed by atoms with Crippen molar-refractivity contribution in [3.8, 4) is 5.69 Å². The maximum atomic E-state index is 13.7. The lowest BCUT2D eigenvalue weighted by Crippen LogP contribution is -2.59. The van der Waals surface area contributed by atoms with Gasteiger partial charge in [-0.05, 0) is 53.8 Å². The number of amides is 2. The molecule has 4 rings (SSSR count). The van der Waals surface area contributed by atoms with Gasteiger partial charge in [0.2, 0.25) is 0 Å². The van der Waals surface area contributed by atoms with Crippen LogP contribution in [0.5, 0.6) is 0 Å². The van der Waals surface area contributed by atoms with E-state index in [4.69, 9.17) is 16.3 Å². The van der Waals surface area contributed by atoms with Crippen molar-refractivity contribution >= 4 is 29.3 Å². The Kier molecular flexibility index (Phi) is 5.71. The van der Waals surface area contributed by atoms with Crippen LogP contribution >= 0.6 is 11.6 Å². The Bertz CT molecular complexity index is 1050. The molecule has 2 aliphatic rings. The van der Waals surface area contributed by atoms with Crippen LogP contribution in [0.3, 0.4) is 0 Å². The highest BCUT2D eigenvalue weighted by Gasteiger charge is 2.38. The van der Waals surface area contributed by atoms with Crippen LogP contribution in [0.1, 0.15) is 50.8 Å². The molecule has 2 aliphatic heterocycles. The number of carbonyl (C=O) groups is 2. The van der Waals surface area contributed by atoms with Crippen LogP contribution in [-0.2, 0) is 11.3 Å². The molecule has 0 spiro atoms. The Morgan fingerprint density at radius 1 is 1.16 bits per heavy atom. The van der Waals surface area contributed by atoms with Gasteiger partial charge in [0, 0.05) is 25.2 Å². The number of aromatic nitrogens is 2. The van der Waals surface area contributed by atoms with Crippen molar-refractivity contribution in [2.24, 2.45) is 0 Å². The van der Waals surface area contributed by atoms with Crippen LogP contribution in [0.15, 0.2) is 24.5 Å². The maximum Gasteiger partial charge on any atom is 0.359 e. The number of ether oxygens (including phenoxy) is 1. The van der Waals surface area contributed by atoms with Gasteiger partial charge in [-0.25, -0.2) is 14.6 Å². The van der Waals surface area contributed by atoms with E-state index in [9.17, 15) is 9.59 Å². The largest absolute Gasteiger partial charge is 0.455 e. The van der Waals surface area contributed by atoms with E-state index in [1.54, 1.807) is 17.3 Å². The van der Waals surface area contributed by atoms with Crippen molar-refractivity contribution in [1.82, 2.24) is 19.4 Å². The second kappa shape index (κ2) is 8.08. The highest BCUT2D eigenvalue weighted by Crippen LogP contribution is 2.39. The number of urea groups is 1. The van der Waals surface area contributed by atoms with Crippen LogP contribution < -0.4 is 4.90 Å². The summed E-state index contributed by atoms with van der Waals surface area (Å²) in [6.45, 7) is 11.1. The van der Waals surface area contributed by atoms with Crippen LogP contribution in [0.2, 0.25) is 5.02 Å². The summed E-state index contributed by atoms with van der Waals surface area (Å²) in [5.41, 5.74) is 1.51. The first kappa shape index (κ1) is 22.6. The molecule has 1 saturated heterocycles. The van der Waals surface area contributed by atoms with Crippen molar-refractivity contribution in [2.45, 2.75) is 58.8 Å². The van der Waals surface area contributed by atoms with Gasteiger partial charge in [-0.15, -0.1) is 0 Å². The molecule has 0 bridgehead atoms. The zero-order valence-corrected chi connectivity index (χ0v) is 20.2. The van der Waals surface area contributed by atoms with E-state index < -0.39 is 11.6 Å². The van der Waals surface area contributed by atoms with Crippen molar-refractivity contribution in [3.63, 3.8) is 0 Å². The minimum Gasteiger partial charge on any atom is -0.455 e. The zero-order chi connectivity index (χ0) is 23.4. The topological polar surface area (TPSA) is 70.9 Å². The Morgan fingerprint density at radius 2 is 1.81 bits per heavy atom. The number of imidazole rings is 1. The third-order valence-corrected chi connectivity index (χ3v) is 6.43. The standard InChI is InChI=1S/C23H30ClN5O3/c1-14-10-27(11-15(2)26(14)6)22(31)28-12-18-19(21(30)32-23(3,4)5)25-13-29(18)17-9-7-8-16(24)20(17)28/h7-9,13-15H,10-12H2,1-6H3/t14-,15+. The van der Waals surface area contributed by atoms with E-state index in [0.29, 0.717) is 35.2 Å². The van der Waals surface area contributed by atoms with Gasteiger partial charge in [-0.2, -0.15) is 0 Å².